The lowest BCUT2D eigenvalue weighted by molar-refractivity contribution is 0.0151. The number of hydrogen-bond donors (Lipinski definition) is 3. The Kier molecular flexibility index (Phi) is 4.74. The third-order valence-electron chi connectivity index (χ3n) is 2.26. The third kappa shape index (κ3) is 2.73. The second-order valence-corrected chi connectivity index (χ2v) is 3.79. The van der Waals surface area contributed by atoms with E-state index in [0.717, 1.165) is 0 Å². The Morgan fingerprint density at radius 3 is 2.69 bits per heavy atom. The molecule has 1 aromatic rings. The minimum absolute atomic E-state index is 0.0617. The lowest BCUT2D eigenvalue weighted by Gasteiger charge is -2.18. The van der Waals surface area contributed by atoms with Gasteiger partial charge in [-0.2, -0.15) is 17.9 Å². The van der Waals surface area contributed by atoms with Crippen LogP contribution in [0.25, 0.3) is 0 Å². The summed E-state index contributed by atoms with van der Waals surface area (Å²) in [4.78, 5) is 0. The molecule has 0 bridgehead atoms. The van der Waals surface area contributed by atoms with Gasteiger partial charge in [0.1, 0.15) is 18.0 Å². The first-order chi connectivity index (χ1) is 7.61. The van der Waals surface area contributed by atoms with E-state index in [9.17, 15) is 14.6 Å². The molecule has 16 heavy (non-hydrogen) atoms. The molecule has 1 rings (SSSR count). The van der Waals surface area contributed by atoms with Crippen LogP contribution in [0.2, 0.25) is 0 Å². The van der Waals surface area contributed by atoms with Crippen LogP contribution in [0.3, 0.4) is 0 Å². The zero-order valence-electron chi connectivity index (χ0n) is 8.47. The van der Waals surface area contributed by atoms with Crippen LogP contribution in [0.15, 0.2) is 18.2 Å². The largest absolute Gasteiger partial charge is 0.390 e. The molecule has 5 heteroatoms. The quantitative estimate of drug-likeness (QED) is 0.698. The SMILES string of the molecule is N#Cc1cccc(C(O)C(O)CCS)c1F. The highest BCUT2D eigenvalue weighted by Gasteiger charge is 2.22. The van der Waals surface area contributed by atoms with Crippen molar-refractivity contribution in [2.75, 3.05) is 5.75 Å². The Morgan fingerprint density at radius 1 is 1.44 bits per heavy atom. The molecule has 86 valence electrons. The highest BCUT2D eigenvalue weighted by atomic mass is 32.1. The standard InChI is InChI=1S/C11H12FNO2S/c12-10-7(6-13)2-1-3-8(10)11(15)9(14)4-5-16/h1-3,9,11,14-16H,4-5H2. The predicted octanol–water partition coefficient (Wildman–Crippen LogP) is 1.41. The number of benzene rings is 1. The van der Waals surface area contributed by atoms with Gasteiger partial charge >= 0.3 is 0 Å². The molecule has 0 saturated heterocycles. The zero-order chi connectivity index (χ0) is 12.1. The van der Waals surface area contributed by atoms with E-state index in [1.165, 1.54) is 18.2 Å². The van der Waals surface area contributed by atoms with Gasteiger partial charge in [0.25, 0.3) is 0 Å². The lowest BCUT2D eigenvalue weighted by Crippen LogP contribution is -2.20. The lowest BCUT2D eigenvalue weighted by atomic mass is 10.00. The summed E-state index contributed by atoms with van der Waals surface area (Å²) < 4.78 is 13.6. The van der Waals surface area contributed by atoms with Crippen molar-refractivity contribution in [1.82, 2.24) is 0 Å². The molecule has 2 unspecified atom stereocenters. The van der Waals surface area contributed by atoms with Gasteiger partial charge in [-0.1, -0.05) is 12.1 Å². The van der Waals surface area contributed by atoms with E-state index in [0.29, 0.717) is 5.75 Å². The fraction of sp³-hybridized carbons (Fsp3) is 0.364. The second kappa shape index (κ2) is 5.85. The molecule has 0 heterocycles. The number of nitriles is 1. The van der Waals surface area contributed by atoms with Crippen molar-refractivity contribution in [3.8, 4) is 6.07 Å². The molecule has 3 nitrogen and oxygen atoms in total. The van der Waals surface area contributed by atoms with Gasteiger partial charge in [0, 0.05) is 5.56 Å². The molecule has 2 atom stereocenters. The number of nitrogens with zero attached hydrogens (tertiary/aromatic N) is 1. The maximum absolute atomic E-state index is 13.6. The fourth-order valence-electron chi connectivity index (χ4n) is 1.36. The van der Waals surface area contributed by atoms with Crippen molar-refractivity contribution >= 4 is 12.6 Å². The number of aliphatic hydroxyl groups excluding tert-OH is 2. The second-order valence-electron chi connectivity index (χ2n) is 3.35. The van der Waals surface area contributed by atoms with Gasteiger partial charge in [0.05, 0.1) is 11.7 Å². The van der Waals surface area contributed by atoms with E-state index in [2.05, 4.69) is 12.6 Å². The van der Waals surface area contributed by atoms with Crippen LogP contribution in [0.1, 0.15) is 23.7 Å². The molecule has 0 aliphatic rings. The molecule has 2 N–H and O–H groups in total. The Morgan fingerprint density at radius 2 is 2.12 bits per heavy atom. The number of rotatable bonds is 4. The molecule has 0 aromatic heterocycles. The van der Waals surface area contributed by atoms with Crippen LogP contribution in [-0.2, 0) is 0 Å². The molecule has 0 aliphatic carbocycles. The van der Waals surface area contributed by atoms with Crippen LogP contribution in [-0.4, -0.2) is 22.1 Å². The van der Waals surface area contributed by atoms with E-state index in [1.807, 2.05) is 0 Å². The van der Waals surface area contributed by atoms with Crippen molar-refractivity contribution in [3.63, 3.8) is 0 Å². The van der Waals surface area contributed by atoms with Gasteiger partial charge in [0.2, 0.25) is 0 Å². The summed E-state index contributed by atoms with van der Waals surface area (Å²) in [5, 5.41) is 27.8. The Balaban J connectivity index is 3.00. The van der Waals surface area contributed by atoms with Crippen molar-refractivity contribution in [2.24, 2.45) is 0 Å². The third-order valence-corrected chi connectivity index (χ3v) is 2.52. The minimum Gasteiger partial charge on any atom is -0.390 e. The van der Waals surface area contributed by atoms with E-state index in [4.69, 9.17) is 5.26 Å². The average Bonchev–Trinajstić information content (AvgIpc) is 2.29. The van der Waals surface area contributed by atoms with Crippen LogP contribution in [0, 0.1) is 17.1 Å². The Bertz CT molecular complexity index is 405. The van der Waals surface area contributed by atoms with Crippen LogP contribution < -0.4 is 0 Å². The first-order valence-corrected chi connectivity index (χ1v) is 5.40. The summed E-state index contributed by atoms with van der Waals surface area (Å²) in [5.41, 5.74) is -0.206. The molecule has 0 fully saturated rings. The van der Waals surface area contributed by atoms with Gasteiger partial charge in [-0.15, -0.1) is 0 Å². The maximum atomic E-state index is 13.6. The first-order valence-electron chi connectivity index (χ1n) is 4.77. The van der Waals surface area contributed by atoms with Gasteiger partial charge in [-0.05, 0) is 18.2 Å². The van der Waals surface area contributed by atoms with Crippen molar-refractivity contribution < 1.29 is 14.6 Å². The summed E-state index contributed by atoms with van der Waals surface area (Å²) in [6, 6.07) is 5.81. The zero-order valence-corrected chi connectivity index (χ0v) is 9.36. The van der Waals surface area contributed by atoms with Gasteiger partial charge in [0.15, 0.2) is 0 Å². The van der Waals surface area contributed by atoms with Crippen LogP contribution >= 0.6 is 12.6 Å². The average molecular weight is 241 g/mol. The number of aliphatic hydroxyl groups is 2. The number of halogens is 1. The Labute approximate surface area is 98.6 Å². The minimum atomic E-state index is -1.33. The van der Waals surface area contributed by atoms with Crippen molar-refractivity contribution in [3.05, 3.63) is 35.1 Å². The molecular weight excluding hydrogens is 229 g/mol. The van der Waals surface area contributed by atoms with Crippen LogP contribution in [0.4, 0.5) is 4.39 Å². The van der Waals surface area contributed by atoms with Crippen molar-refractivity contribution in [2.45, 2.75) is 18.6 Å². The number of thiol groups is 1. The van der Waals surface area contributed by atoms with E-state index in [1.54, 1.807) is 6.07 Å². The molecule has 0 radical (unpaired) electrons. The van der Waals surface area contributed by atoms with Gasteiger partial charge in [-0.25, -0.2) is 4.39 Å². The summed E-state index contributed by atoms with van der Waals surface area (Å²) in [7, 11) is 0. The highest BCUT2D eigenvalue weighted by molar-refractivity contribution is 7.80. The molecule has 1 aromatic carbocycles. The number of hydrogen-bond acceptors (Lipinski definition) is 4. The molecular formula is C11H12FNO2S. The summed E-state index contributed by atoms with van der Waals surface area (Å²) in [5.74, 6) is -0.395. The summed E-state index contributed by atoms with van der Waals surface area (Å²) >= 11 is 3.91. The summed E-state index contributed by atoms with van der Waals surface area (Å²) in [6.07, 6.45) is -2.16. The van der Waals surface area contributed by atoms with Crippen LogP contribution in [0.5, 0.6) is 0 Å². The normalized spacial score (nSPS) is 14.2. The monoisotopic (exact) mass is 241 g/mol. The van der Waals surface area contributed by atoms with E-state index < -0.39 is 18.0 Å². The Hall–Kier alpha value is -1.09. The fourth-order valence-corrected chi connectivity index (χ4v) is 1.63. The molecule has 0 spiro atoms. The molecule has 0 aliphatic heterocycles. The topological polar surface area (TPSA) is 64.2 Å². The van der Waals surface area contributed by atoms with Gasteiger partial charge < -0.3 is 10.2 Å². The van der Waals surface area contributed by atoms with E-state index in [-0.39, 0.29) is 17.5 Å². The molecule has 0 amide bonds. The summed E-state index contributed by atoms with van der Waals surface area (Å²) in [6.45, 7) is 0. The van der Waals surface area contributed by atoms with E-state index >= 15 is 0 Å². The maximum Gasteiger partial charge on any atom is 0.146 e. The van der Waals surface area contributed by atoms with Gasteiger partial charge in [-0.3, -0.25) is 0 Å². The van der Waals surface area contributed by atoms with Crippen molar-refractivity contribution in [1.29, 1.82) is 5.26 Å². The first kappa shape index (κ1) is 13.0. The smallest absolute Gasteiger partial charge is 0.146 e. The predicted molar refractivity (Wildman–Crippen MR) is 60.6 cm³/mol. The molecule has 0 saturated carbocycles. The highest BCUT2D eigenvalue weighted by Crippen LogP contribution is 2.23.